The molecule has 10 nitrogen and oxygen atoms in total. The quantitative estimate of drug-likeness (QED) is 0.548. The number of hydrogen-bond acceptors (Lipinski definition) is 5. The zero-order chi connectivity index (χ0) is 21.0. The molecule has 0 bridgehead atoms. The fraction of sp³-hybridized carbons (Fsp3) is 0.833. The van der Waals surface area contributed by atoms with Gasteiger partial charge in [0.15, 0.2) is 0 Å². The molecule has 3 fully saturated rings. The van der Waals surface area contributed by atoms with Crippen LogP contribution in [0.15, 0.2) is 0 Å². The number of nitrogens with one attached hydrogen (secondary N) is 3. The van der Waals surface area contributed by atoms with Gasteiger partial charge in [0.2, 0.25) is 21.8 Å². The molecule has 11 heteroatoms. The first-order valence-corrected chi connectivity index (χ1v) is 12.2. The lowest BCUT2D eigenvalue weighted by Crippen LogP contribution is -2.64. The van der Waals surface area contributed by atoms with E-state index in [1.54, 1.807) is 0 Å². The summed E-state index contributed by atoms with van der Waals surface area (Å²) in [5.41, 5.74) is 0. The Morgan fingerprint density at radius 2 is 1.76 bits per heavy atom. The van der Waals surface area contributed by atoms with Crippen molar-refractivity contribution in [2.75, 3.05) is 32.4 Å². The Kier molecular flexibility index (Phi) is 6.99. The van der Waals surface area contributed by atoms with Crippen molar-refractivity contribution in [2.24, 2.45) is 0 Å². The summed E-state index contributed by atoms with van der Waals surface area (Å²) in [7, 11) is -3.64. The van der Waals surface area contributed by atoms with Gasteiger partial charge in [-0.15, -0.1) is 0 Å². The smallest absolute Gasteiger partial charge is 0.317 e. The maximum absolute atomic E-state index is 12.9. The van der Waals surface area contributed by atoms with E-state index in [1.807, 2.05) is 0 Å². The standard InChI is InChI=1S/C18H31N5O5S/c1-29(27,28)23-11-10-22(18(26)20-13-6-3-2-4-7-13)12-15(23)17(25)21-14-8-5-9-19-16(14)24/h13-15H,2-12H2,1H3,(H,19,24)(H,20,26)(H,21,25)/t14-,15-/m0/s1. The van der Waals surface area contributed by atoms with E-state index < -0.39 is 28.0 Å². The third-order valence-electron chi connectivity index (χ3n) is 5.88. The van der Waals surface area contributed by atoms with Gasteiger partial charge in [0.1, 0.15) is 12.1 Å². The summed E-state index contributed by atoms with van der Waals surface area (Å²) in [4.78, 5) is 39.0. The van der Waals surface area contributed by atoms with Crippen molar-refractivity contribution in [2.45, 2.75) is 63.1 Å². The van der Waals surface area contributed by atoms with Gasteiger partial charge in [0.05, 0.1) is 6.26 Å². The molecule has 3 rings (SSSR count). The Labute approximate surface area is 171 Å². The van der Waals surface area contributed by atoms with E-state index in [2.05, 4.69) is 16.0 Å². The number of nitrogens with zero attached hydrogens (tertiary/aromatic N) is 2. The molecule has 0 spiro atoms. The fourth-order valence-electron chi connectivity index (χ4n) is 4.25. The highest BCUT2D eigenvalue weighted by atomic mass is 32.2. The minimum absolute atomic E-state index is 0.0359. The van der Waals surface area contributed by atoms with Crippen LogP contribution in [-0.4, -0.2) is 86.0 Å². The molecule has 2 heterocycles. The number of piperidine rings is 1. The Bertz CT molecular complexity index is 737. The van der Waals surface area contributed by atoms with Gasteiger partial charge in [-0.3, -0.25) is 9.59 Å². The van der Waals surface area contributed by atoms with Crippen LogP contribution in [-0.2, 0) is 19.6 Å². The molecule has 2 saturated heterocycles. The van der Waals surface area contributed by atoms with Crippen LogP contribution in [0, 0.1) is 0 Å². The highest BCUT2D eigenvalue weighted by Gasteiger charge is 2.40. The van der Waals surface area contributed by atoms with Crippen LogP contribution in [0.4, 0.5) is 4.79 Å². The van der Waals surface area contributed by atoms with E-state index in [9.17, 15) is 22.8 Å². The van der Waals surface area contributed by atoms with Gasteiger partial charge in [-0.05, 0) is 25.7 Å². The maximum Gasteiger partial charge on any atom is 0.317 e. The molecule has 2 aliphatic heterocycles. The molecule has 1 aliphatic carbocycles. The average Bonchev–Trinajstić information content (AvgIpc) is 2.69. The molecule has 164 valence electrons. The van der Waals surface area contributed by atoms with Gasteiger partial charge < -0.3 is 20.9 Å². The highest BCUT2D eigenvalue weighted by Crippen LogP contribution is 2.19. The van der Waals surface area contributed by atoms with E-state index in [4.69, 9.17) is 0 Å². The van der Waals surface area contributed by atoms with Crippen molar-refractivity contribution >= 4 is 27.9 Å². The average molecular weight is 430 g/mol. The van der Waals surface area contributed by atoms with Gasteiger partial charge >= 0.3 is 6.03 Å². The molecule has 0 unspecified atom stereocenters. The van der Waals surface area contributed by atoms with Crippen LogP contribution in [0.3, 0.4) is 0 Å². The number of carbonyl (C=O) groups is 3. The summed E-state index contributed by atoms with van der Waals surface area (Å²) in [6.07, 6.45) is 7.53. The number of piperazine rings is 1. The van der Waals surface area contributed by atoms with Gasteiger partial charge in [-0.2, -0.15) is 4.31 Å². The normalized spacial score (nSPS) is 27.2. The predicted octanol–water partition coefficient (Wildman–Crippen LogP) is -0.631. The molecule has 29 heavy (non-hydrogen) atoms. The van der Waals surface area contributed by atoms with Crippen LogP contribution in [0.2, 0.25) is 0 Å². The summed E-state index contributed by atoms with van der Waals surface area (Å²) in [6.45, 7) is 0.802. The summed E-state index contributed by atoms with van der Waals surface area (Å²) < 4.78 is 25.5. The predicted molar refractivity (Wildman–Crippen MR) is 106 cm³/mol. The molecular weight excluding hydrogens is 398 g/mol. The van der Waals surface area contributed by atoms with Crippen molar-refractivity contribution in [3.63, 3.8) is 0 Å². The van der Waals surface area contributed by atoms with Crippen LogP contribution in [0.25, 0.3) is 0 Å². The molecule has 0 aromatic carbocycles. The molecule has 1 saturated carbocycles. The van der Waals surface area contributed by atoms with Crippen molar-refractivity contribution in [1.29, 1.82) is 0 Å². The lowest BCUT2D eigenvalue weighted by atomic mass is 9.96. The Morgan fingerprint density at radius 3 is 2.41 bits per heavy atom. The van der Waals surface area contributed by atoms with E-state index in [0.29, 0.717) is 13.0 Å². The molecule has 2 atom stereocenters. The van der Waals surface area contributed by atoms with Gasteiger partial charge in [0, 0.05) is 32.2 Å². The lowest BCUT2D eigenvalue weighted by Gasteiger charge is -2.40. The number of rotatable bonds is 4. The van der Waals surface area contributed by atoms with Crippen molar-refractivity contribution in [1.82, 2.24) is 25.2 Å². The minimum Gasteiger partial charge on any atom is -0.354 e. The number of sulfonamides is 1. The first kappa shape index (κ1) is 21.8. The zero-order valence-corrected chi connectivity index (χ0v) is 17.7. The highest BCUT2D eigenvalue weighted by molar-refractivity contribution is 7.88. The van der Waals surface area contributed by atoms with Crippen LogP contribution in [0.5, 0.6) is 0 Å². The number of carbonyl (C=O) groups excluding carboxylic acids is 3. The second-order valence-corrected chi connectivity index (χ2v) is 10.0. The van der Waals surface area contributed by atoms with Crippen LogP contribution >= 0.6 is 0 Å². The van der Waals surface area contributed by atoms with Gasteiger partial charge in [-0.1, -0.05) is 19.3 Å². The second kappa shape index (κ2) is 9.29. The van der Waals surface area contributed by atoms with E-state index >= 15 is 0 Å². The first-order valence-electron chi connectivity index (χ1n) is 10.4. The third kappa shape index (κ3) is 5.59. The molecular formula is C18H31N5O5S. The SMILES string of the molecule is CS(=O)(=O)N1CCN(C(=O)NC2CCCCC2)C[C@H]1C(=O)N[C@H]1CCCNC1=O. The van der Waals surface area contributed by atoms with Crippen molar-refractivity contribution in [3.8, 4) is 0 Å². The molecule has 0 radical (unpaired) electrons. The summed E-state index contributed by atoms with van der Waals surface area (Å²) in [6, 6.07) is -1.87. The largest absolute Gasteiger partial charge is 0.354 e. The molecule has 4 amide bonds. The third-order valence-corrected chi connectivity index (χ3v) is 7.17. The topological polar surface area (TPSA) is 128 Å². The zero-order valence-electron chi connectivity index (χ0n) is 16.9. The van der Waals surface area contributed by atoms with Crippen LogP contribution in [0.1, 0.15) is 44.9 Å². The van der Waals surface area contributed by atoms with E-state index in [0.717, 1.165) is 42.7 Å². The Hall–Kier alpha value is -1.88. The minimum atomic E-state index is -3.64. The first-order chi connectivity index (χ1) is 13.8. The van der Waals surface area contributed by atoms with E-state index in [1.165, 1.54) is 11.3 Å². The fourth-order valence-corrected chi connectivity index (χ4v) is 5.29. The lowest BCUT2D eigenvalue weighted by molar-refractivity contribution is -0.132. The summed E-state index contributed by atoms with van der Waals surface area (Å²) >= 11 is 0. The summed E-state index contributed by atoms with van der Waals surface area (Å²) in [5.74, 6) is -0.814. The van der Waals surface area contributed by atoms with Crippen LogP contribution < -0.4 is 16.0 Å². The Morgan fingerprint density at radius 1 is 1.03 bits per heavy atom. The second-order valence-electron chi connectivity index (χ2n) is 8.11. The number of amides is 4. The van der Waals surface area contributed by atoms with Gasteiger partial charge in [-0.25, -0.2) is 13.2 Å². The van der Waals surface area contributed by atoms with Gasteiger partial charge in [0.25, 0.3) is 0 Å². The van der Waals surface area contributed by atoms with Crippen molar-refractivity contribution in [3.05, 3.63) is 0 Å². The molecule has 3 aliphatic rings. The van der Waals surface area contributed by atoms with E-state index in [-0.39, 0.29) is 37.6 Å². The molecule has 0 aromatic heterocycles. The Balaban J connectivity index is 1.67. The van der Waals surface area contributed by atoms with Crippen molar-refractivity contribution < 1.29 is 22.8 Å². The monoisotopic (exact) mass is 429 g/mol. The maximum atomic E-state index is 12.9. The summed E-state index contributed by atoms with van der Waals surface area (Å²) in [5, 5.41) is 8.37. The number of urea groups is 1. The molecule has 0 aromatic rings. The number of hydrogen-bond donors (Lipinski definition) is 3. The molecule has 3 N–H and O–H groups in total.